The molecule has 0 fully saturated rings. The summed E-state index contributed by atoms with van der Waals surface area (Å²) in [6.45, 7) is 0. The number of nitrogens with zero attached hydrogens (tertiary/aromatic N) is 3. The fourth-order valence-corrected chi connectivity index (χ4v) is 2.53. The van der Waals surface area contributed by atoms with Gasteiger partial charge in [-0.1, -0.05) is 24.3 Å². The zero-order valence-corrected chi connectivity index (χ0v) is 12.6. The first-order chi connectivity index (χ1) is 11.5. The molecular weight excluding hydrogens is 306 g/mol. The lowest BCUT2D eigenvalue weighted by Crippen LogP contribution is -2.34. The molecular formula is C16H15N7O. The van der Waals surface area contributed by atoms with Gasteiger partial charge in [0.05, 0.1) is 28.5 Å². The molecule has 7 N–H and O–H groups in total. The van der Waals surface area contributed by atoms with Crippen LogP contribution in [0.5, 0.6) is 0 Å². The summed E-state index contributed by atoms with van der Waals surface area (Å²) >= 11 is 0. The van der Waals surface area contributed by atoms with Gasteiger partial charge in [0.1, 0.15) is 17.6 Å². The molecule has 8 heteroatoms. The third-order valence-corrected chi connectivity index (χ3v) is 3.72. The molecule has 0 amide bonds. The van der Waals surface area contributed by atoms with Crippen molar-refractivity contribution < 1.29 is 4.79 Å². The number of hydrogen-bond acceptors (Lipinski definition) is 6. The lowest BCUT2D eigenvalue weighted by Gasteiger charge is -2.20. The van der Waals surface area contributed by atoms with E-state index in [4.69, 9.17) is 22.7 Å². The largest absolute Gasteiger partial charge is 0.385 e. The highest BCUT2D eigenvalue weighted by Gasteiger charge is 2.31. The van der Waals surface area contributed by atoms with Crippen LogP contribution < -0.4 is 17.3 Å². The second-order valence-corrected chi connectivity index (χ2v) is 5.20. The molecule has 0 aliphatic heterocycles. The van der Waals surface area contributed by atoms with E-state index < -0.39 is 5.92 Å². The molecule has 24 heavy (non-hydrogen) atoms. The third kappa shape index (κ3) is 2.50. The number of hydrogen-bond donors (Lipinski definition) is 4. The van der Waals surface area contributed by atoms with E-state index in [2.05, 4.69) is 15.1 Å². The Morgan fingerprint density at radius 2 is 1.92 bits per heavy atom. The third-order valence-electron chi connectivity index (χ3n) is 3.72. The first kappa shape index (κ1) is 15.3. The molecule has 0 spiro atoms. The number of fused-ring (bicyclic) bond motifs is 1. The Hall–Kier alpha value is -3.55. The van der Waals surface area contributed by atoms with E-state index in [9.17, 15) is 4.79 Å². The number of Topliss-reactive ketones (excluding diaryl/α,β-unsaturated/α-hetero) is 1. The number of amidine groups is 2. The summed E-state index contributed by atoms with van der Waals surface area (Å²) in [4.78, 5) is 21.6. The Labute approximate surface area is 137 Å². The Morgan fingerprint density at radius 1 is 1.21 bits per heavy atom. The van der Waals surface area contributed by atoms with Gasteiger partial charge in [-0.2, -0.15) is 5.10 Å². The standard InChI is InChI=1S/C16H15N7O/c17-15(18)8-5-6-9(16(19)23-20)14(24)13(8)12-7-21-10-3-1-2-4-11(10)22-12/h1-7,9H,20H2,(H3,17,18)(H2,19,23). The van der Waals surface area contributed by atoms with Crippen LogP contribution in [-0.2, 0) is 4.79 Å². The number of aromatic nitrogens is 2. The maximum Gasteiger partial charge on any atom is 0.180 e. The first-order valence-corrected chi connectivity index (χ1v) is 7.09. The van der Waals surface area contributed by atoms with Crippen molar-refractivity contribution in [2.45, 2.75) is 0 Å². The number of hydrazone groups is 1. The second-order valence-electron chi connectivity index (χ2n) is 5.20. The van der Waals surface area contributed by atoms with Crippen molar-refractivity contribution in [3.63, 3.8) is 0 Å². The number of nitrogens with two attached hydrogens (primary N) is 3. The molecule has 120 valence electrons. The summed E-state index contributed by atoms with van der Waals surface area (Å²) in [7, 11) is 0. The predicted molar refractivity (Wildman–Crippen MR) is 91.8 cm³/mol. The van der Waals surface area contributed by atoms with Gasteiger partial charge in [0, 0.05) is 5.57 Å². The van der Waals surface area contributed by atoms with Gasteiger partial charge < -0.3 is 17.3 Å². The zero-order chi connectivity index (χ0) is 17.3. The monoisotopic (exact) mass is 321 g/mol. The van der Waals surface area contributed by atoms with Gasteiger partial charge >= 0.3 is 0 Å². The number of ketones is 1. The smallest absolute Gasteiger partial charge is 0.180 e. The Balaban J connectivity index is 2.20. The molecule has 1 heterocycles. The van der Waals surface area contributed by atoms with Crippen LogP contribution in [0.15, 0.2) is 53.3 Å². The summed E-state index contributed by atoms with van der Waals surface area (Å²) in [6, 6.07) is 7.28. The molecule has 1 unspecified atom stereocenters. The average Bonchev–Trinajstić information content (AvgIpc) is 2.60. The Morgan fingerprint density at radius 3 is 2.58 bits per heavy atom. The van der Waals surface area contributed by atoms with Crippen molar-refractivity contribution >= 4 is 34.1 Å². The summed E-state index contributed by atoms with van der Waals surface area (Å²) in [5, 5.41) is 11.1. The van der Waals surface area contributed by atoms with E-state index in [1.807, 2.05) is 18.2 Å². The first-order valence-electron chi connectivity index (χ1n) is 7.09. The van der Waals surface area contributed by atoms with E-state index in [0.717, 1.165) is 0 Å². The predicted octanol–water partition coefficient (Wildman–Crippen LogP) is 0.305. The highest BCUT2D eigenvalue weighted by atomic mass is 16.1. The van der Waals surface area contributed by atoms with Gasteiger partial charge in [-0.3, -0.25) is 15.2 Å². The number of allylic oxidation sites excluding steroid dienone is 1. The second kappa shape index (κ2) is 5.92. The number of nitrogens with one attached hydrogen (secondary N) is 1. The minimum absolute atomic E-state index is 0.0231. The molecule has 0 radical (unpaired) electrons. The van der Waals surface area contributed by atoms with Crippen molar-refractivity contribution in [2.75, 3.05) is 0 Å². The van der Waals surface area contributed by atoms with Crippen LogP contribution in [0.3, 0.4) is 0 Å². The maximum absolute atomic E-state index is 12.8. The molecule has 0 saturated heterocycles. The molecule has 0 saturated carbocycles. The van der Waals surface area contributed by atoms with Crippen molar-refractivity contribution in [1.82, 2.24) is 9.97 Å². The van der Waals surface area contributed by atoms with E-state index >= 15 is 0 Å². The van der Waals surface area contributed by atoms with Gasteiger partial charge in [0.25, 0.3) is 0 Å². The van der Waals surface area contributed by atoms with E-state index in [1.165, 1.54) is 12.3 Å². The highest BCUT2D eigenvalue weighted by Crippen LogP contribution is 2.28. The number of carbonyl (C=O) groups excluding carboxylic acids is 1. The fraction of sp³-hybridized carbons (Fsp3) is 0.0625. The lowest BCUT2D eigenvalue weighted by molar-refractivity contribution is -0.114. The van der Waals surface area contributed by atoms with E-state index in [-0.39, 0.29) is 28.6 Å². The van der Waals surface area contributed by atoms with Crippen LogP contribution in [0.4, 0.5) is 0 Å². The zero-order valence-electron chi connectivity index (χ0n) is 12.6. The molecule has 8 nitrogen and oxygen atoms in total. The van der Waals surface area contributed by atoms with Crippen molar-refractivity contribution in [3.05, 3.63) is 53.9 Å². The molecule has 1 aromatic carbocycles. The molecule has 1 aliphatic carbocycles. The number of carbonyl (C=O) groups is 1. The minimum atomic E-state index is -0.818. The topological polar surface area (TPSA) is 157 Å². The lowest BCUT2D eigenvalue weighted by atomic mass is 9.85. The van der Waals surface area contributed by atoms with Crippen molar-refractivity contribution in [2.24, 2.45) is 28.3 Å². The van der Waals surface area contributed by atoms with Crippen LogP contribution in [0, 0.1) is 11.3 Å². The molecule has 1 aromatic heterocycles. The molecule has 0 bridgehead atoms. The van der Waals surface area contributed by atoms with Crippen LogP contribution >= 0.6 is 0 Å². The maximum atomic E-state index is 12.8. The van der Waals surface area contributed by atoms with Crippen LogP contribution in [0.2, 0.25) is 0 Å². The Kier molecular flexibility index (Phi) is 3.78. The highest BCUT2D eigenvalue weighted by molar-refractivity contribution is 6.34. The summed E-state index contributed by atoms with van der Waals surface area (Å²) in [6.07, 6.45) is 4.55. The van der Waals surface area contributed by atoms with Crippen LogP contribution in [-0.4, -0.2) is 27.4 Å². The van der Waals surface area contributed by atoms with Crippen molar-refractivity contribution in [3.8, 4) is 0 Å². The molecule has 2 aromatic rings. The quantitative estimate of drug-likeness (QED) is 0.275. The number of rotatable bonds is 3. The summed E-state index contributed by atoms with van der Waals surface area (Å²) in [5.74, 6) is 3.72. The van der Waals surface area contributed by atoms with Gasteiger partial charge in [-0.25, -0.2) is 4.98 Å². The van der Waals surface area contributed by atoms with Gasteiger partial charge in [-0.15, -0.1) is 0 Å². The fourth-order valence-electron chi connectivity index (χ4n) is 2.53. The van der Waals surface area contributed by atoms with Gasteiger partial charge in [-0.05, 0) is 12.1 Å². The summed E-state index contributed by atoms with van der Waals surface area (Å²) in [5.41, 5.74) is 13.4. The van der Waals surface area contributed by atoms with E-state index in [1.54, 1.807) is 12.1 Å². The van der Waals surface area contributed by atoms with Gasteiger partial charge in [0.15, 0.2) is 5.78 Å². The Bertz CT molecular complexity index is 942. The van der Waals surface area contributed by atoms with Crippen molar-refractivity contribution in [1.29, 1.82) is 5.41 Å². The average molecular weight is 321 g/mol. The molecule has 1 atom stereocenters. The number of para-hydroxylation sites is 2. The summed E-state index contributed by atoms with van der Waals surface area (Å²) < 4.78 is 0. The van der Waals surface area contributed by atoms with Gasteiger partial charge in [0.2, 0.25) is 0 Å². The SMILES string of the molecule is N=C(N)C1=C(c2cnc3ccccc3n2)C(=O)C(/C(N)=N/N)C=C1. The normalized spacial score (nSPS) is 18.2. The molecule has 1 aliphatic rings. The molecule has 3 rings (SSSR count). The van der Waals surface area contributed by atoms with Crippen LogP contribution in [0.1, 0.15) is 5.69 Å². The minimum Gasteiger partial charge on any atom is -0.385 e. The number of benzene rings is 1. The van der Waals surface area contributed by atoms with Crippen LogP contribution in [0.25, 0.3) is 16.6 Å². The van der Waals surface area contributed by atoms with E-state index in [0.29, 0.717) is 16.7 Å².